The van der Waals surface area contributed by atoms with E-state index in [0.29, 0.717) is 12.0 Å². The van der Waals surface area contributed by atoms with Crippen LogP contribution in [0.25, 0.3) is 0 Å². The number of nitrogens with one attached hydrogen (secondary N) is 2. The van der Waals surface area contributed by atoms with E-state index in [9.17, 15) is 4.79 Å². The first-order valence-corrected chi connectivity index (χ1v) is 8.48. The van der Waals surface area contributed by atoms with Gasteiger partial charge in [-0.05, 0) is 44.8 Å². The SMILES string of the molecule is CCC(CC)C(CNC(=O)C1CCNC1)N1CCCC1.Cl.Cl. The van der Waals surface area contributed by atoms with Gasteiger partial charge < -0.3 is 10.6 Å². The second kappa shape index (κ2) is 11.5. The Labute approximate surface area is 148 Å². The molecule has 2 saturated heterocycles. The van der Waals surface area contributed by atoms with Gasteiger partial charge >= 0.3 is 0 Å². The van der Waals surface area contributed by atoms with Crippen molar-refractivity contribution in [1.29, 1.82) is 0 Å². The predicted molar refractivity (Wildman–Crippen MR) is 97.1 cm³/mol. The largest absolute Gasteiger partial charge is 0.354 e. The fraction of sp³-hybridized carbons (Fsp3) is 0.938. The molecule has 2 atom stereocenters. The number of likely N-dealkylation sites (tertiary alicyclic amines) is 1. The van der Waals surface area contributed by atoms with Crippen LogP contribution in [0.3, 0.4) is 0 Å². The highest BCUT2D eigenvalue weighted by Gasteiger charge is 2.29. The molecular weight excluding hydrogens is 321 g/mol. The van der Waals surface area contributed by atoms with Crippen LogP contribution in [-0.2, 0) is 4.79 Å². The Morgan fingerprint density at radius 2 is 1.86 bits per heavy atom. The van der Waals surface area contributed by atoms with Crippen molar-refractivity contribution in [3.63, 3.8) is 0 Å². The molecule has 0 aromatic carbocycles. The van der Waals surface area contributed by atoms with Gasteiger partial charge in [-0.25, -0.2) is 0 Å². The maximum Gasteiger partial charge on any atom is 0.224 e. The summed E-state index contributed by atoms with van der Waals surface area (Å²) >= 11 is 0. The summed E-state index contributed by atoms with van der Waals surface area (Å²) in [5, 5.41) is 6.50. The number of amides is 1. The lowest BCUT2D eigenvalue weighted by Gasteiger charge is -2.34. The van der Waals surface area contributed by atoms with Gasteiger partial charge in [0.25, 0.3) is 0 Å². The number of halogens is 2. The summed E-state index contributed by atoms with van der Waals surface area (Å²) in [4.78, 5) is 14.8. The van der Waals surface area contributed by atoms with Crippen LogP contribution >= 0.6 is 24.8 Å². The lowest BCUT2D eigenvalue weighted by Crippen LogP contribution is -2.48. The molecule has 0 spiro atoms. The minimum Gasteiger partial charge on any atom is -0.354 e. The van der Waals surface area contributed by atoms with Gasteiger partial charge in [0.05, 0.1) is 5.92 Å². The van der Waals surface area contributed by atoms with Gasteiger partial charge in [0.15, 0.2) is 0 Å². The number of carbonyl (C=O) groups is 1. The zero-order valence-electron chi connectivity index (χ0n) is 14.0. The van der Waals surface area contributed by atoms with E-state index in [-0.39, 0.29) is 36.6 Å². The van der Waals surface area contributed by atoms with Gasteiger partial charge in [-0.15, -0.1) is 24.8 Å². The van der Waals surface area contributed by atoms with Crippen molar-refractivity contribution in [2.75, 3.05) is 32.7 Å². The van der Waals surface area contributed by atoms with E-state index in [0.717, 1.165) is 26.1 Å². The molecule has 22 heavy (non-hydrogen) atoms. The number of hydrogen-bond donors (Lipinski definition) is 2. The molecule has 2 fully saturated rings. The molecule has 132 valence electrons. The monoisotopic (exact) mass is 353 g/mol. The normalized spacial score (nSPS) is 23.0. The summed E-state index contributed by atoms with van der Waals surface area (Å²) in [7, 11) is 0. The third-order valence-corrected chi connectivity index (χ3v) is 5.12. The molecule has 0 aromatic rings. The van der Waals surface area contributed by atoms with Crippen LogP contribution in [0.2, 0.25) is 0 Å². The number of nitrogens with zero attached hydrogens (tertiary/aromatic N) is 1. The summed E-state index contributed by atoms with van der Waals surface area (Å²) < 4.78 is 0. The highest BCUT2D eigenvalue weighted by atomic mass is 35.5. The van der Waals surface area contributed by atoms with E-state index >= 15 is 0 Å². The molecule has 2 aliphatic heterocycles. The first kappa shape index (κ1) is 22.0. The van der Waals surface area contributed by atoms with Crippen molar-refractivity contribution in [2.45, 2.75) is 52.0 Å². The second-order valence-corrected chi connectivity index (χ2v) is 6.32. The fourth-order valence-corrected chi connectivity index (χ4v) is 3.73. The van der Waals surface area contributed by atoms with Gasteiger partial charge in [-0.2, -0.15) is 0 Å². The van der Waals surface area contributed by atoms with E-state index in [1.807, 2.05) is 0 Å². The molecule has 2 N–H and O–H groups in total. The van der Waals surface area contributed by atoms with Gasteiger partial charge in [-0.3, -0.25) is 9.69 Å². The molecule has 0 bridgehead atoms. The van der Waals surface area contributed by atoms with Gasteiger partial charge in [0, 0.05) is 19.1 Å². The van der Waals surface area contributed by atoms with Crippen LogP contribution in [0.1, 0.15) is 46.0 Å². The number of carbonyl (C=O) groups excluding carboxylic acids is 1. The predicted octanol–water partition coefficient (Wildman–Crippen LogP) is 2.46. The molecule has 0 saturated carbocycles. The van der Waals surface area contributed by atoms with Crippen molar-refractivity contribution >= 4 is 30.7 Å². The minimum absolute atomic E-state index is 0. The Bertz CT molecular complexity index is 300. The number of hydrogen-bond acceptors (Lipinski definition) is 3. The third kappa shape index (κ3) is 5.88. The molecule has 2 rings (SSSR count). The molecule has 2 unspecified atom stereocenters. The third-order valence-electron chi connectivity index (χ3n) is 5.12. The standard InChI is InChI=1S/C16H31N3O.2ClH/c1-3-13(4-2)15(19-9-5-6-10-19)12-18-16(20)14-7-8-17-11-14;;/h13-15,17H,3-12H2,1-2H3,(H,18,20);2*1H. The van der Waals surface area contributed by atoms with Crippen molar-refractivity contribution < 1.29 is 4.79 Å². The van der Waals surface area contributed by atoms with Crippen molar-refractivity contribution in [3.8, 4) is 0 Å². The Hall–Kier alpha value is -0.0300. The zero-order valence-corrected chi connectivity index (χ0v) is 15.6. The molecule has 4 nitrogen and oxygen atoms in total. The molecular formula is C16H33Cl2N3O. The summed E-state index contributed by atoms with van der Waals surface area (Å²) in [5.74, 6) is 1.15. The maximum atomic E-state index is 12.2. The van der Waals surface area contributed by atoms with Crippen LogP contribution in [0.5, 0.6) is 0 Å². The molecule has 0 aliphatic carbocycles. The summed E-state index contributed by atoms with van der Waals surface area (Å²) in [5.41, 5.74) is 0. The highest BCUT2D eigenvalue weighted by molar-refractivity contribution is 5.85. The first-order chi connectivity index (χ1) is 9.76. The number of rotatable bonds is 7. The minimum atomic E-state index is 0. The van der Waals surface area contributed by atoms with E-state index in [2.05, 4.69) is 29.4 Å². The molecule has 0 radical (unpaired) electrons. The average Bonchev–Trinajstić information content (AvgIpc) is 3.15. The van der Waals surface area contributed by atoms with E-state index in [1.54, 1.807) is 0 Å². The van der Waals surface area contributed by atoms with Crippen LogP contribution in [0.4, 0.5) is 0 Å². The van der Waals surface area contributed by atoms with E-state index < -0.39 is 0 Å². The average molecular weight is 354 g/mol. The maximum absolute atomic E-state index is 12.2. The van der Waals surface area contributed by atoms with Crippen LogP contribution in [-0.4, -0.2) is 49.6 Å². The Kier molecular flexibility index (Phi) is 11.5. The smallest absolute Gasteiger partial charge is 0.224 e. The second-order valence-electron chi connectivity index (χ2n) is 6.32. The zero-order chi connectivity index (χ0) is 14.4. The molecule has 0 aromatic heterocycles. The van der Waals surface area contributed by atoms with Crippen molar-refractivity contribution in [1.82, 2.24) is 15.5 Å². The topological polar surface area (TPSA) is 44.4 Å². The van der Waals surface area contributed by atoms with Crippen molar-refractivity contribution in [2.24, 2.45) is 11.8 Å². The lowest BCUT2D eigenvalue weighted by molar-refractivity contribution is -0.124. The van der Waals surface area contributed by atoms with Gasteiger partial charge in [-0.1, -0.05) is 26.7 Å². The summed E-state index contributed by atoms with van der Waals surface area (Å²) in [6, 6.07) is 0.533. The van der Waals surface area contributed by atoms with Gasteiger partial charge in [0.1, 0.15) is 0 Å². The molecule has 2 aliphatic rings. The van der Waals surface area contributed by atoms with Crippen LogP contribution < -0.4 is 10.6 Å². The fourth-order valence-electron chi connectivity index (χ4n) is 3.73. The molecule has 1 amide bonds. The molecule has 6 heteroatoms. The van der Waals surface area contributed by atoms with E-state index in [1.165, 1.54) is 38.8 Å². The van der Waals surface area contributed by atoms with Gasteiger partial charge in [0.2, 0.25) is 5.91 Å². The Morgan fingerprint density at radius 1 is 1.23 bits per heavy atom. The Morgan fingerprint density at radius 3 is 2.36 bits per heavy atom. The summed E-state index contributed by atoms with van der Waals surface area (Å²) in [6.45, 7) is 9.65. The molecule has 2 heterocycles. The van der Waals surface area contributed by atoms with Crippen LogP contribution in [0, 0.1) is 11.8 Å². The summed E-state index contributed by atoms with van der Waals surface area (Å²) in [6.07, 6.45) is 6.04. The van der Waals surface area contributed by atoms with Crippen molar-refractivity contribution in [3.05, 3.63) is 0 Å². The first-order valence-electron chi connectivity index (χ1n) is 8.48. The Balaban J connectivity index is 0.00000220. The quantitative estimate of drug-likeness (QED) is 0.738. The highest BCUT2D eigenvalue weighted by Crippen LogP contribution is 2.22. The lowest BCUT2D eigenvalue weighted by atomic mass is 9.92. The van der Waals surface area contributed by atoms with E-state index in [4.69, 9.17) is 0 Å². The van der Waals surface area contributed by atoms with Crippen LogP contribution in [0.15, 0.2) is 0 Å².